The second-order valence-corrected chi connectivity index (χ2v) is 4.17. The molecule has 0 saturated carbocycles. The van der Waals surface area contributed by atoms with Gasteiger partial charge >= 0.3 is 11.9 Å². The number of aliphatic hydroxyl groups excluding tert-OH is 1. The fourth-order valence-electron chi connectivity index (χ4n) is 1.79. The van der Waals surface area contributed by atoms with E-state index in [0.717, 1.165) is 0 Å². The van der Waals surface area contributed by atoms with Crippen molar-refractivity contribution in [1.82, 2.24) is 0 Å². The van der Waals surface area contributed by atoms with E-state index in [4.69, 9.17) is 14.2 Å². The molecule has 6 heteroatoms. The predicted molar refractivity (Wildman–Crippen MR) is 56.8 cm³/mol. The number of hydrogen-bond donors (Lipinski definition) is 1. The molecule has 0 bridgehead atoms. The number of hydrogen-bond acceptors (Lipinski definition) is 6. The molecule has 0 aromatic heterocycles. The fourth-order valence-corrected chi connectivity index (χ4v) is 1.79. The van der Waals surface area contributed by atoms with Gasteiger partial charge in [-0.1, -0.05) is 6.92 Å². The van der Waals surface area contributed by atoms with Crippen molar-refractivity contribution in [2.24, 2.45) is 5.92 Å². The van der Waals surface area contributed by atoms with E-state index in [1.54, 1.807) is 0 Å². The first-order valence-electron chi connectivity index (χ1n) is 5.54. The molecule has 17 heavy (non-hydrogen) atoms. The van der Waals surface area contributed by atoms with Crippen molar-refractivity contribution in [2.45, 2.75) is 45.7 Å². The van der Waals surface area contributed by atoms with Crippen LogP contribution in [0.4, 0.5) is 0 Å². The van der Waals surface area contributed by atoms with Gasteiger partial charge in [0.25, 0.3) is 0 Å². The molecule has 0 aromatic rings. The number of carbonyl (C=O) groups excluding carboxylic acids is 2. The Labute approximate surface area is 99.8 Å². The summed E-state index contributed by atoms with van der Waals surface area (Å²) in [7, 11) is 0. The zero-order valence-corrected chi connectivity index (χ0v) is 10.2. The second-order valence-electron chi connectivity index (χ2n) is 4.17. The summed E-state index contributed by atoms with van der Waals surface area (Å²) in [5, 5.41) is 9.49. The molecule has 1 saturated heterocycles. The van der Waals surface area contributed by atoms with Crippen LogP contribution in [0.5, 0.6) is 0 Å². The smallest absolute Gasteiger partial charge is 0.302 e. The third kappa shape index (κ3) is 4.32. The summed E-state index contributed by atoms with van der Waals surface area (Å²) < 4.78 is 15.2. The van der Waals surface area contributed by atoms with Crippen molar-refractivity contribution in [3.8, 4) is 0 Å². The van der Waals surface area contributed by atoms with Gasteiger partial charge in [-0.25, -0.2) is 0 Å². The minimum absolute atomic E-state index is 0.0469. The van der Waals surface area contributed by atoms with E-state index in [0.29, 0.717) is 0 Å². The van der Waals surface area contributed by atoms with Crippen LogP contribution in [0.3, 0.4) is 0 Å². The Bertz CT molecular complexity index is 290. The lowest BCUT2D eigenvalue weighted by atomic mass is 9.93. The number of ether oxygens (including phenoxy) is 3. The van der Waals surface area contributed by atoms with Crippen LogP contribution in [0.2, 0.25) is 0 Å². The molecule has 4 unspecified atom stereocenters. The number of rotatable bonds is 3. The molecule has 0 aliphatic carbocycles. The normalized spacial score (nSPS) is 32.9. The number of esters is 2. The summed E-state index contributed by atoms with van der Waals surface area (Å²) in [5.74, 6) is -0.950. The third-order valence-electron chi connectivity index (χ3n) is 2.71. The van der Waals surface area contributed by atoms with Crippen LogP contribution in [0.25, 0.3) is 0 Å². The van der Waals surface area contributed by atoms with Gasteiger partial charge in [0.2, 0.25) is 0 Å². The van der Waals surface area contributed by atoms with Crippen molar-refractivity contribution in [2.75, 3.05) is 6.61 Å². The van der Waals surface area contributed by atoms with Gasteiger partial charge in [0.15, 0.2) is 6.29 Å². The Morgan fingerprint density at radius 2 is 2.00 bits per heavy atom. The largest absolute Gasteiger partial charge is 0.463 e. The summed E-state index contributed by atoms with van der Waals surface area (Å²) in [5.41, 5.74) is 0. The minimum Gasteiger partial charge on any atom is -0.463 e. The van der Waals surface area contributed by atoms with E-state index < -0.39 is 30.4 Å². The molecule has 1 N–H and O–H groups in total. The highest BCUT2D eigenvalue weighted by Gasteiger charge is 2.37. The molecule has 1 aliphatic rings. The standard InChI is InChI=1S/C11H18O6/c1-6-9(16-8(3)13)4-11(14)17-10(6)5-15-7(2)12/h6,9-11,14H,4-5H2,1-3H3. The summed E-state index contributed by atoms with van der Waals surface area (Å²) in [6, 6.07) is 0. The monoisotopic (exact) mass is 246 g/mol. The van der Waals surface area contributed by atoms with Gasteiger partial charge in [0.1, 0.15) is 18.8 Å². The first kappa shape index (κ1) is 13.9. The van der Waals surface area contributed by atoms with E-state index in [2.05, 4.69) is 0 Å². The summed E-state index contributed by atoms with van der Waals surface area (Å²) in [6.07, 6.45) is -1.66. The van der Waals surface area contributed by atoms with Crippen LogP contribution >= 0.6 is 0 Å². The molecule has 1 aliphatic heterocycles. The molecule has 1 fully saturated rings. The molecule has 98 valence electrons. The highest BCUT2D eigenvalue weighted by Crippen LogP contribution is 2.27. The van der Waals surface area contributed by atoms with Gasteiger partial charge in [0.05, 0.1) is 0 Å². The lowest BCUT2D eigenvalue weighted by Crippen LogP contribution is -2.46. The van der Waals surface area contributed by atoms with E-state index in [1.807, 2.05) is 6.92 Å². The molecule has 0 aromatic carbocycles. The molecular weight excluding hydrogens is 228 g/mol. The van der Waals surface area contributed by atoms with E-state index >= 15 is 0 Å². The van der Waals surface area contributed by atoms with Gasteiger partial charge in [0, 0.05) is 26.2 Å². The SMILES string of the molecule is CC(=O)OCC1OC(O)CC(OC(C)=O)C1C. The summed E-state index contributed by atoms with van der Waals surface area (Å²) >= 11 is 0. The maximum atomic E-state index is 10.9. The summed E-state index contributed by atoms with van der Waals surface area (Å²) in [4.78, 5) is 21.6. The molecule has 0 spiro atoms. The molecule has 1 rings (SSSR count). The van der Waals surface area contributed by atoms with Crippen molar-refractivity contribution in [1.29, 1.82) is 0 Å². The van der Waals surface area contributed by atoms with Crippen molar-refractivity contribution >= 4 is 11.9 Å². The Balaban J connectivity index is 2.57. The van der Waals surface area contributed by atoms with Crippen LogP contribution in [-0.4, -0.2) is 42.1 Å². The quantitative estimate of drug-likeness (QED) is 0.717. The van der Waals surface area contributed by atoms with Gasteiger partial charge in [-0.3, -0.25) is 9.59 Å². The van der Waals surface area contributed by atoms with Gasteiger partial charge < -0.3 is 19.3 Å². The number of aliphatic hydroxyl groups is 1. The first-order chi connectivity index (χ1) is 7.90. The molecule has 0 amide bonds. The van der Waals surface area contributed by atoms with Crippen LogP contribution in [-0.2, 0) is 23.8 Å². The molecule has 0 radical (unpaired) electrons. The first-order valence-corrected chi connectivity index (χ1v) is 5.54. The maximum absolute atomic E-state index is 10.9. The average molecular weight is 246 g/mol. The van der Waals surface area contributed by atoms with Gasteiger partial charge in [-0.05, 0) is 0 Å². The lowest BCUT2D eigenvalue weighted by molar-refractivity contribution is -0.229. The topological polar surface area (TPSA) is 82.1 Å². The molecule has 4 atom stereocenters. The maximum Gasteiger partial charge on any atom is 0.302 e. The third-order valence-corrected chi connectivity index (χ3v) is 2.71. The van der Waals surface area contributed by atoms with E-state index in [1.165, 1.54) is 13.8 Å². The van der Waals surface area contributed by atoms with Crippen molar-refractivity contribution < 1.29 is 28.9 Å². The number of carbonyl (C=O) groups is 2. The van der Waals surface area contributed by atoms with Crippen molar-refractivity contribution in [3.63, 3.8) is 0 Å². The molecular formula is C11H18O6. The Morgan fingerprint density at radius 3 is 2.53 bits per heavy atom. The molecule has 6 nitrogen and oxygen atoms in total. The predicted octanol–water partition coefficient (Wildman–Crippen LogP) is 0.225. The molecule has 1 heterocycles. The summed E-state index contributed by atoms with van der Waals surface area (Å²) in [6.45, 7) is 4.49. The second kappa shape index (κ2) is 5.97. The Kier molecular flexibility index (Phi) is 4.89. The fraction of sp³-hybridized carbons (Fsp3) is 0.818. The highest BCUT2D eigenvalue weighted by molar-refractivity contribution is 5.66. The van der Waals surface area contributed by atoms with Gasteiger partial charge in [-0.15, -0.1) is 0 Å². The van der Waals surface area contributed by atoms with Crippen LogP contribution < -0.4 is 0 Å². The van der Waals surface area contributed by atoms with E-state index in [9.17, 15) is 14.7 Å². The van der Waals surface area contributed by atoms with Crippen molar-refractivity contribution in [3.05, 3.63) is 0 Å². The van der Waals surface area contributed by atoms with Gasteiger partial charge in [-0.2, -0.15) is 0 Å². The van der Waals surface area contributed by atoms with Crippen LogP contribution in [0.15, 0.2) is 0 Å². The van der Waals surface area contributed by atoms with Crippen LogP contribution in [0.1, 0.15) is 27.2 Å². The zero-order chi connectivity index (χ0) is 13.0. The lowest BCUT2D eigenvalue weighted by Gasteiger charge is -2.37. The highest BCUT2D eigenvalue weighted by atomic mass is 16.6. The Morgan fingerprint density at radius 1 is 1.35 bits per heavy atom. The van der Waals surface area contributed by atoms with Crippen LogP contribution in [0, 0.1) is 5.92 Å². The average Bonchev–Trinajstić information content (AvgIpc) is 2.19. The Hall–Kier alpha value is -1.14. The zero-order valence-electron chi connectivity index (χ0n) is 10.2. The minimum atomic E-state index is -1.00. The van der Waals surface area contributed by atoms with E-state index in [-0.39, 0.29) is 18.9 Å².